The Bertz CT molecular complexity index is 629. The second kappa shape index (κ2) is 6.42. The molecule has 1 fully saturated rings. The zero-order valence-corrected chi connectivity index (χ0v) is 15.0. The molecule has 130 valence electrons. The zero-order chi connectivity index (χ0) is 17.3. The normalized spacial score (nSPS) is 21.2. The molecule has 24 heavy (non-hydrogen) atoms. The van der Waals surface area contributed by atoms with E-state index >= 15 is 0 Å². The van der Waals surface area contributed by atoms with E-state index in [1.54, 1.807) is 4.90 Å². The van der Waals surface area contributed by atoms with Gasteiger partial charge in [-0.25, -0.2) is 14.8 Å². The molecule has 3 rings (SSSR count). The quantitative estimate of drug-likeness (QED) is 0.834. The van der Waals surface area contributed by atoms with Crippen molar-refractivity contribution in [1.82, 2.24) is 14.9 Å². The minimum atomic E-state index is -0.476. The van der Waals surface area contributed by atoms with Crippen molar-refractivity contribution >= 4 is 17.4 Å². The van der Waals surface area contributed by atoms with E-state index in [9.17, 15) is 4.79 Å². The first-order valence-electron chi connectivity index (χ1n) is 8.59. The highest BCUT2D eigenvalue weighted by Crippen LogP contribution is 2.26. The lowest BCUT2D eigenvalue weighted by Crippen LogP contribution is -2.44. The molecule has 1 aromatic heterocycles. The topological polar surface area (TPSA) is 58.6 Å². The van der Waals surface area contributed by atoms with Crippen molar-refractivity contribution in [1.29, 1.82) is 0 Å². The first-order chi connectivity index (χ1) is 11.3. The number of rotatable bonds is 2. The number of aromatic nitrogens is 2. The van der Waals surface area contributed by atoms with Crippen LogP contribution in [0.4, 0.5) is 10.5 Å². The molecule has 6 nitrogen and oxygen atoms in total. The zero-order valence-electron chi connectivity index (χ0n) is 15.0. The maximum Gasteiger partial charge on any atom is 0.410 e. The number of carbonyl (C=O) groups excluding carboxylic acids is 1. The van der Waals surface area contributed by atoms with E-state index < -0.39 is 5.60 Å². The highest BCUT2D eigenvalue weighted by Gasteiger charge is 2.29. The van der Waals surface area contributed by atoms with Gasteiger partial charge in [0, 0.05) is 25.7 Å². The van der Waals surface area contributed by atoms with Gasteiger partial charge >= 0.3 is 6.09 Å². The summed E-state index contributed by atoms with van der Waals surface area (Å²) in [4.78, 5) is 25.3. The Kier molecular flexibility index (Phi) is 4.47. The molecule has 2 aliphatic heterocycles. The van der Waals surface area contributed by atoms with Crippen molar-refractivity contribution in [3.63, 3.8) is 0 Å². The summed E-state index contributed by atoms with van der Waals surface area (Å²) in [5, 5.41) is 0. The van der Waals surface area contributed by atoms with Crippen LogP contribution in [0, 0.1) is 0 Å². The molecule has 1 atom stereocenters. The summed E-state index contributed by atoms with van der Waals surface area (Å²) >= 11 is 0. The number of carbonyl (C=O) groups is 1. The van der Waals surface area contributed by atoms with Crippen molar-refractivity contribution in [2.45, 2.75) is 52.2 Å². The summed E-state index contributed by atoms with van der Waals surface area (Å²) in [6.45, 7) is 10.4. The average molecular weight is 330 g/mol. The maximum absolute atomic E-state index is 12.3. The maximum atomic E-state index is 12.3. The van der Waals surface area contributed by atoms with Gasteiger partial charge in [-0.2, -0.15) is 0 Å². The molecule has 6 heteroatoms. The van der Waals surface area contributed by atoms with Crippen LogP contribution in [-0.4, -0.2) is 52.2 Å². The molecule has 2 aliphatic rings. The molecule has 0 saturated carbocycles. The van der Waals surface area contributed by atoms with Crippen molar-refractivity contribution in [2.75, 3.05) is 24.5 Å². The molecule has 0 aromatic carbocycles. The van der Waals surface area contributed by atoms with Gasteiger partial charge in [0.1, 0.15) is 5.60 Å². The van der Waals surface area contributed by atoms with Gasteiger partial charge in [0.25, 0.3) is 0 Å². The summed E-state index contributed by atoms with van der Waals surface area (Å²) in [5.41, 5.74) is 1.71. The van der Waals surface area contributed by atoms with Crippen LogP contribution in [0.2, 0.25) is 0 Å². The summed E-state index contributed by atoms with van der Waals surface area (Å²) in [6.07, 6.45) is 7.54. The number of hydrogen-bond donors (Lipinski definition) is 0. The lowest BCUT2D eigenvalue weighted by Gasteiger charge is -2.34. The van der Waals surface area contributed by atoms with Crippen LogP contribution in [0.15, 0.2) is 18.5 Å². The minimum absolute atomic E-state index is 0.0681. The fourth-order valence-corrected chi connectivity index (χ4v) is 2.88. The van der Waals surface area contributed by atoms with E-state index in [0.29, 0.717) is 6.54 Å². The summed E-state index contributed by atoms with van der Waals surface area (Å²) < 4.78 is 5.47. The van der Waals surface area contributed by atoms with Crippen LogP contribution in [0.5, 0.6) is 0 Å². The molecule has 0 bridgehead atoms. The van der Waals surface area contributed by atoms with Gasteiger partial charge in [0.05, 0.1) is 18.1 Å². The van der Waals surface area contributed by atoms with Crippen LogP contribution in [0.3, 0.4) is 0 Å². The predicted molar refractivity (Wildman–Crippen MR) is 93.9 cm³/mol. The van der Waals surface area contributed by atoms with E-state index in [0.717, 1.165) is 36.6 Å². The molecular weight excluding hydrogens is 304 g/mol. The van der Waals surface area contributed by atoms with Crippen LogP contribution in [0.25, 0.3) is 5.57 Å². The summed E-state index contributed by atoms with van der Waals surface area (Å²) in [5.74, 6) is 0.759. The monoisotopic (exact) mass is 330 g/mol. The summed E-state index contributed by atoms with van der Waals surface area (Å²) in [6, 6.07) is 0.0681. The van der Waals surface area contributed by atoms with Gasteiger partial charge < -0.3 is 14.5 Å². The molecule has 0 radical (unpaired) electrons. The molecule has 0 unspecified atom stereocenters. The van der Waals surface area contributed by atoms with E-state index in [2.05, 4.69) is 14.9 Å². The fourth-order valence-electron chi connectivity index (χ4n) is 2.88. The van der Waals surface area contributed by atoms with Crippen molar-refractivity contribution in [2.24, 2.45) is 0 Å². The molecule has 1 aromatic rings. The Morgan fingerprint density at radius 3 is 2.42 bits per heavy atom. The Balaban J connectivity index is 1.67. The minimum Gasteiger partial charge on any atom is -0.444 e. The average Bonchev–Trinajstić information content (AvgIpc) is 2.44. The van der Waals surface area contributed by atoms with Crippen LogP contribution in [-0.2, 0) is 4.74 Å². The first-order valence-corrected chi connectivity index (χ1v) is 8.59. The number of amides is 1. The Morgan fingerprint density at radius 2 is 1.92 bits per heavy atom. The third-order valence-corrected chi connectivity index (χ3v) is 4.36. The second-order valence-corrected chi connectivity index (χ2v) is 7.52. The fraction of sp³-hybridized carbons (Fsp3) is 0.611. The van der Waals surface area contributed by atoms with Crippen LogP contribution in [0.1, 0.15) is 46.4 Å². The van der Waals surface area contributed by atoms with Crippen molar-refractivity contribution < 1.29 is 9.53 Å². The van der Waals surface area contributed by atoms with E-state index in [1.165, 1.54) is 6.42 Å². The molecule has 0 spiro atoms. The molecule has 1 saturated heterocycles. The Hall–Kier alpha value is -2.11. The molecule has 0 N–H and O–H groups in total. The van der Waals surface area contributed by atoms with Crippen molar-refractivity contribution in [3.05, 3.63) is 24.3 Å². The van der Waals surface area contributed by atoms with Gasteiger partial charge in [0.2, 0.25) is 0 Å². The van der Waals surface area contributed by atoms with Crippen LogP contribution < -0.4 is 4.90 Å². The molecule has 3 heterocycles. The molecule has 1 amide bonds. The lowest BCUT2D eigenvalue weighted by atomic mass is 10.0. The van der Waals surface area contributed by atoms with Crippen LogP contribution >= 0.6 is 0 Å². The van der Waals surface area contributed by atoms with E-state index in [4.69, 9.17) is 4.74 Å². The SMILES string of the molecule is C[C@H]1CC(c2ncc(N3CCC3)cn2)=CCN1C(=O)OC(C)(C)C. The van der Waals surface area contributed by atoms with Gasteiger partial charge in [-0.1, -0.05) is 6.08 Å². The van der Waals surface area contributed by atoms with E-state index in [1.807, 2.05) is 46.2 Å². The second-order valence-electron chi connectivity index (χ2n) is 7.52. The number of anilines is 1. The third-order valence-electron chi connectivity index (χ3n) is 4.36. The number of hydrogen-bond acceptors (Lipinski definition) is 5. The molecular formula is C18H26N4O2. The van der Waals surface area contributed by atoms with Gasteiger partial charge in [-0.05, 0) is 46.1 Å². The summed E-state index contributed by atoms with van der Waals surface area (Å²) in [7, 11) is 0. The Morgan fingerprint density at radius 1 is 1.25 bits per heavy atom. The van der Waals surface area contributed by atoms with Gasteiger partial charge in [0.15, 0.2) is 5.82 Å². The first kappa shape index (κ1) is 16.7. The number of nitrogens with zero attached hydrogens (tertiary/aromatic N) is 4. The molecule has 0 aliphatic carbocycles. The van der Waals surface area contributed by atoms with Gasteiger partial charge in [-0.3, -0.25) is 0 Å². The number of ether oxygens (including phenoxy) is 1. The van der Waals surface area contributed by atoms with Crippen molar-refractivity contribution in [3.8, 4) is 0 Å². The Labute approximate surface area is 143 Å². The lowest BCUT2D eigenvalue weighted by molar-refractivity contribution is 0.0198. The highest BCUT2D eigenvalue weighted by atomic mass is 16.6. The van der Waals surface area contributed by atoms with Gasteiger partial charge in [-0.15, -0.1) is 0 Å². The smallest absolute Gasteiger partial charge is 0.410 e. The largest absolute Gasteiger partial charge is 0.444 e. The standard InChI is InChI=1S/C18H26N4O2/c1-13-10-14(6-9-22(13)17(23)24-18(2,3)4)16-19-11-15(12-20-16)21-7-5-8-21/h6,11-13H,5,7-10H2,1-4H3/t13-/m0/s1. The third kappa shape index (κ3) is 3.68. The highest BCUT2D eigenvalue weighted by molar-refractivity contribution is 5.72. The predicted octanol–water partition coefficient (Wildman–Crippen LogP) is 3.10. The van der Waals surface area contributed by atoms with E-state index in [-0.39, 0.29) is 12.1 Å².